The fourth-order valence-corrected chi connectivity index (χ4v) is 3.12. The zero-order valence-corrected chi connectivity index (χ0v) is 20.7. The van der Waals surface area contributed by atoms with E-state index in [2.05, 4.69) is 21.2 Å². The van der Waals surface area contributed by atoms with E-state index in [1.165, 1.54) is 6.21 Å². The monoisotopic (exact) mass is 504 g/mol. The zero-order chi connectivity index (χ0) is 26.6. The first-order valence-corrected chi connectivity index (χ1v) is 11.4. The van der Waals surface area contributed by atoms with Crippen molar-refractivity contribution in [3.63, 3.8) is 0 Å². The van der Waals surface area contributed by atoms with Crippen LogP contribution in [0.2, 0.25) is 0 Å². The number of ether oxygens (including phenoxy) is 3. The fraction of sp³-hybridized carbons (Fsp3) is 0.185. The van der Waals surface area contributed by atoms with Crippen molar-refractivity contribution in [3.8, 4) is 17.2 Å². The van der Waals surface area contributed by atoms with Crippen molar-refractivity contribution in [1.29, 1.82) is 0 Å². The molecule has 0 radical (unpaired) electrons. The van der Waals surface area contributed by atoms with Crippen LogP contribution in [-0.2, 0) is 14.4 Å². The van der Waals surface area contributed by atoms with E-state index in [4.69, 9.17) is 14.2 Å². The second kappa shape index (κ2) is 13.3. The molecular formula is C27H28N4O6. The largest absolute Gasteiger partial charge is 0.497 e. The summed E-state index contributed by atoms with van der Waals surface area (Å²) in [6.45, 7) is 3.77. The molecule has 192 valence electrons. The quantitative estimate of drug-likeness (QED) is 0.220. The minimum Gasteiger partial charge on any atom is -0.497 e. The molecule has 3 N–H and O–H groups in total. The third kappa shape index (κ3) is 8.10. The second-order valence-electron chi connectivity index (χ2n) is 7.67. The van der Waals surface area contributed by atoms with E-state index >= 15 is 0 Å². The molecule has 0 heterocycles. The molecule has 0 fully saturated rings. The van der Waals surface area contributed by atoms with E-state index in [-0.39, 0.29) is 12.5 Å². The maximum absolute atomic E-state index is 12.3. The maximum atomic E-state index is 12.3. The third-order valence-electron chi connectivity index (χ3n) is 4.98. The van der Waals surface area contributed by atoms with Crippen molar-refractivity contribution in [3.05, 3.63) is 77.9 Å². The molecule has 0 unspecified atom stereocenters. The first kappa shape index (κ1) is 26.7. The van der Waals surface area contributed by atoms with Crippen LogP contribution >= 0.6 is 0 Å². The van der Waals surface area contributed by atoms with Gasteiger partial charge in [-0.3, -0.25) is 14.4 Å². The topological polar surface area (TPSA) is 127 Å². The van der Waals surface area contributed by atoms with Gasteiger partial charge in [0, 0.05) is 11.4 Å². The molecular weight excluding hydrogens is 476 g/mol. The summed E-state index contributed by atoms with van der Waals surface area (Å²) >= 11 is 0. The lowest BCUT2D eigenvalue weighted by atomic mass is 10.2. The van der Waals surface area contributed by atoms with E-state index in [1.54, 1.807) is 61.7 Å². The molecule has 10 heteroatoms. The van der Waals surface area contributed by atoms with Crippen molar-refractivity contribution >= 4 is 35.3 Å². The number of nitrogens with one attached hydrogen (secondary N) is 3. The highest BCUT2D eigenvalue weighted by Gasteiger charge is 2.14. The maximum Gasteiger partial charge on any atom is 0.329 e. The van der Waals surface area contributed by atoms with Gasteiger partial charge in [0.05, 0.1) is 19.9 Å². The molecule has 3 rings (SSSR count). The molecule has 0 saturated heterocycles. The van der Waals surface area contributed by atoms with Gasteiger partial charge < -0.3 is 24.8 Å². The Morgan fingerprint density at radius 3 is 2.35 bits per heavy atom. The smallest absolute Gasteiger partial charge is 0.329 e. The molecule has 3 amide bonds. The number of amides is 3. The predicted octanol–water partition coefficient (Wildman–Crippen LogP) is 3.51. The van der Waals surface area contributed by atoms with Gasteiger partial charge in [-0.05, 0) is 73.5 Å². The molecule has 0 saturated carbocycles. The SMILES string of the molecule is CCOc1cc(/C=N\NC(=O)C(=O)Nc2ccccc2C)ccc1OCC(=O)Nc1ccc(OC)cc1. The van der Waals surface area contributed by atoms with E-state index in [9.17, 15) is 14.4 Å². The number of para-hydroxylation sites is 1. The number of nitrogens with zero attached hydrogens (tertiary/aromatic N) is 1. The molecule has 37 heavy (non-hydrogen) atoms. The summed E-state index contributed by atoms with van der Waals surface area (Å²) in [7, 11) is 1.57. The van der Waals surface area contributed by atoms with Gasteiger partial charge in [-0.2, -0.15) is 5.10 Å². The van der Waals surface area contributed by atoms with Crippen molar-refractivity contribution in [1.82, 2.24) is 5.43 Å². The van der Waals surface area contributed by atoms with Gasteiger partial charge >= 0.3 is 11.8 Å². The van der Waals surface area contributed by atoms with E-state index < -0.39 is 11.8 Å². The number of hydrazone groups is 1. The van der Waals surface area contributed by atoms with Gasteiger partial charge in [0.1, 0.15) is 5.75 Å². The van der Waals surface area contributed by atoms with Crippen molar-refractivity contribution < 1.29 is 28.6 Å². The number of benzene rings is 3. The van der Waals surface area contributed by atoms with Crippen LogP contribution < -0.4 is 30.3 Å². The lowest BCUT2D eigenvalue weighted by molar-refractivity contribution is -0.136. The highest BCUT2D eigenvalue weighted by Crippen LogP contribution is 2.28. The number of carbonyl (C=O) groups excluding carboxylic acids is 3. The summed E-state index contributed by atoms with van der Waals surface area (Å²) in [6.07, 6.45) is 1.36. The third-order valence-corrected chi connectivity index (χ3v) is 4.98. The van der Waals surface area contributed by atoms with Crippen LogP contribution in [-0.4, -0.2) is 44.3 Å². The number of hydrogen-bond acceptors (Lipinski definition) is 7. The Morgan fingerprint density at radius 1 is 0.892 bits per heavy atom. The minimum absolute atomic E-state index is 0.231. The molecule has 0 bridgehead atoms. The molecule has 0 atom stereocenters. The van der Waals surface area contributed by atoms with E-state index in [0.717, 1.165) is 5.56 Å². The summed E-state index contributed by atoms with van der Waals surface area (Å²) in [5.74, 6) is -0.641. The predicted molar refractivity (Wildman–Crippen MR) is 140 cm³/mol. The van der Waals surface area contributed by atoms with Gasteiger partial charge in [-0.15, -0.1) is 0 Å². The normalized spacial score (nSPS) is 10.5. The average Bonchev–Trinajstić information content (AvgIpc) is 2.90. The lowest BCUT2D eigenvalue weighted by Gasteiger charge is -2.13. The Balaban J connectivity index is 1.55. The Bertz CT molecular complexity index is 1270. The molecule has 10 nitrogen and oxygen atoms in total. The fourth-order valence-electron chi connectivity index (χ4n) is 3.12. The highest BCUT2D eigenvalue weighted by molar-refractivity contribution is 6.39. The van der Waals surface area contributed by atoms with Gasteiger partial charge in [-0.25, -0.2) is 5.43 Å². The summed E-state index contributed by atoms with van der Waals surface area (Å²) < 4.78 is 16.3. The Hall–Kier alpha value is -4.86. The average molecular weight is 505 g/mol. The zero-order valence-electron chi connectivity index (χ0n) is 20.7. The van der Waals surface area contributed by atoms with Crippen LogP contribution in [0.15, 0.2) is 71.8 Å². The number of methoxy groups -OCH3 is 1. The minimum atomic E-state index is -0.910. The number of hydrogen-bond donors (Lipinski definition) is 3. The summed E-state index contributed by atoms with van der Waals surface area (Å²) in [5.41, 5.74) is 4.76. The summed E-state index contributed by atoms with van der Waals surface area (Å²) in [6, 6.07) is 19.0. The first-order chi connectivity index (χ1) is 17.9. The van der Waals surface area contributed by atoms with Gasteiger partial charge in [0.15, 0.2) is 18.1 Å². The van der Waals surface area contributed by atoms with E-state index in [0.29, 0.717) is 40.8 Å². The molecule has 0 spiro atoms. The molecule has 0 aliphatic rings. The number of rotatable bonds is 10. The van der Waals surface area contributed by atoms with Gasteiger partial charge in [0.25, 0.3) is 5.91 Å². The van der Waals surface area contributed by atoms with Crippen LogP contribution in [0.4, 0.5) is 11.4 Å². The summed E-state index contributed by atoms with van der Waals surface area (Å²) in [4.78, 5) is 36.4. The van der Waals surface area contributed by atoms with Crippen LogP contribution in [0.1, 0.15) is 18.1 Å². The number of aryl methyl sites for hydroxylation is 1. The van der Waals surface area contributed by atoms with Gasteiger partial charge in [0.2, 0.25) is 0 Å². The van der Waals surface area contributed by atoms with Crippen molar-refractivity contribution in [2.24, 2.45) is 5.10 Å². The Labute approximate surface area is 214 Å². The number of carbonyl (C=O) groups is 3. The molecule has 3 aromatic rings. The molecule has 3 aromatic carbocycles. The van der Waals surface area contributed by atoms with Crippen molar-refractivity contribution in [2.45, 2.75) is 13.8 Å². The first-order valence-electron chi connectivity index (χ1n) is 11.4. The summed E-state index contributed by atoms with van der Waals surface area (Å²) in [5, 5.41) is 9.11. The van der Waals surface area contributed by atoms with Crippen LogP contribution in [0, 0.1) is 6.92 Å². The second-order valence-corrected chi connectivity index (χ2v) is 7.67. The van der Waals surface area contributed by atoms with Crippen LogP contribution in [0.25, 0.3) is 0 Å². The number of anilines is 2. The van der Waals surface area contributed by atoms with E-state index in [1.807, 2.05) is 26.0 Å². The highest BCUT2D eigenvalue weighted by atomic mass is 16.5. The molecule has 0 aliphatic heterocycles. The van der Waals surface area contributed by atoms with Crippen LogP contribution in [0.3, 0.4) is 0 Å². The molecule has 0 aliphatic carbocycles. The van der Waals surface area contributed by atoms with Crippen molar-refractivity contribution in [2.75, 3.05) is 31.0 Å². The standard InChI is InChI=1S/C27H28N4O6/c1-4-36-24-15-19(16-28-31-27(34)26(33)30-22-8-6-5-7-18(22)2)9-14-23(24)37-17-25(32)29-20-10-12-21(35-3)13-11-20/h5-16H,4,17H2,1-3H3,(H,29,32)(H,30,33)(H,31,34)/b28-16-. The van der Waals surface area contributed by atoms with Gasteiger partial charge in [-0.1, -0.05) is 18.2 Å². The Kier molecular flexibility index (Phi) is 9.60. The lowest BCUT2D eigenvalue weighted by Crippen LogP contribution is -2.32. The molecule has 0 aromatic heterocycles. The van der Waals surface area contributed by atoms with Crippen LogP contribution in [0.5, 0.6) is 17.2 Å². The Morgan fingerprint density at radius 2 is 1.65 bits per heavy atom.